The van der Waals surface area contributed by atoms with Crippen LogP contribution in [0.4, 0.5) is 18.9 Å². The molecular weight excluding hydrogens is 519 g/mol. The molecular formula is C18H24F3N5O7S2. The molecule has 0 bridgehead atoms. The molecule has 1 N–H and O–H groups in total. The molecule has 2 rings (SSSR count). The van der Waals surface area contributed by atoms with Crippen molar-refractivity contribution in [1.82, 2.24) is 9.40 Å². The average Bonchev–Trinajstić information content (AvgIpc) is 3.06. The smallest absolute Gasteiger partial charge is 0.485 e. The van der Waals surface area contributed by atoms with E-state index in [4.69, 9.17) is 13.0 Å². The number of nitrogens with zero attached hydrogens (tertiary/aromatic N) is 4. The minimum absolute atomic E-state index is 0.0174. The van der Waals surface area contributed by atoms with Crippen LogP contribution < -0.4 is 9.40 Å². The van der Waals surface area contributed by atoms with Crippen molar-refractivity contribution < 1.29 is 44.0 Å². The second-order valence-corrected chi connectivity index (χ2v) is 10.4. The molecule has 0 saturated heterocycles. The minimum Gasteiger partial charge on any atom is -0.741 e. The van der Waals surface area contributed by atoms with Crippen LogP contribution in [0.25, 0.3) is 0 Å². The quantitative estimate of drug-likeness (QED) is 0.0955. The van der Waals surface area contributed by atoms with E-state index in [-0.39, 0.29) is 11.4 Å². The van der Waals surface area contributed by atoms with Gasteiger partial charge in [-0.2, -0.15) is 18.3 Å². The first kappa shape index (κ1) is 30.0. The fourth-order valence-electron chi connectivity index (χ4n) is 2.48. The van der Waals surface area contributed by atoms with Crippen LogP contribution in [-0.4, -0.2) is 47.9 Å². The number of nitro benzene ring substituents is 1. The topological polar surface area (TPSA) is 168 Å². The summed E-state index contributed by atoms with van der Waals surface area (Å²) in [6, 6.07) is 5.77. The highest BCUT2D eigenvalue weighted by atomic mass is 32.2. The monoisotopic (exact) mass is 543 g/mol. The first-order chi connectivity index (χ1) is 15.9. The summed E-state index contributed by atoms with van der Waals surface area (Å²) in [7, 11) is -7.65. The molecule has 1 aromatic carbocycles. The molecule has 0 atom stereocenters. The van der Waals surface area contributed by atoms with Gasteiger partial charge in [-0.15, -0.1) is 0 Å². The maximum Gasteiger partial charge on any atom is 0.485 e. The van der Waals surface area contributed by atoms with Crippen molar-refractivity contribution in [2.75, 3.05) is 5.75 Å². The third kappa shape index (κ3) is 9.99. The first-order valence-corrected chi connectivity index (χ1v) is 12.8. The number of hydrazone groups is 1. The fourth-order valence-corrected chi connectivity index (χ4v) is 3.43. The number of rotatable bonds is 9. The summed E-state index contributed by atoms with van der Waals surface area (Å²) in [4.78, 5) is 12.4. The molecule has 0 aliphatic heterocycles. The van der Waals surface area contributed by atoms with Crippen LogP contribution in [0.2, 0.25) is 0 Å². The van der Waals surface area contributed by atoms with Crippen molar-refractivity contribution in [3.05, 3.63) is 58.2 Å². The standard InChI is InChI=1S/C17H24N5O4S.CHF3O3S/c1-14(16-6-8-17(9-7-16)22(23)24)18-19-27(25,26)13-5-4-10-21-12-11-20(3)15(21)2;2-1(3,4)8(5,6)7/h6-9,11-12,19H,4-5,10,13H2,1-3H3;(H,5,6,7)/q+1;/p-1/b18-14-;. The summed E-state index contributed by atoms with van der Waals surface area (Å²) < 4.78 is 87.1. The average molecular weight is 544 g/mol. The van der Waals surface area contributed by atoms with Crippen molar-refractivity contribution in [1.29, 1.82) is 0 Å². The lowest BCUT2D eigenvalue weighted by atomic mass is 10.1. The van der Waals surface area contributed by atoms with Crippen molar-refractivity contribution in [2.24, 2.45) is 12.1 Å². The maximum absolute atomic E-state index is 12.1. The lowest BCUT2D eigenvalue weighted by molar-refractivity contribution is -0.677. The number of non-ortho nitro benzene ring substituents is 1. The van der Waals surface area contributed by atoms with Gasteiger partial charge in [0.15, 0.2) is 10.1 Å². The second-order valence-electron chi connectivity index (χ2n) is 7.17. The van der Waals surface area contributed by atoms with Crippen molar-refractivity contribution >= 4 is 31.5 Å². The van der Waals surface area contributed by atoms with Gasteiger partial charge in [-0.05, 0) is 37.5 Å². The van der Waals surface area contributed by atoms with Crippen molar-refractivity contribution in [3.63, 3.8) is 0 Å². The molecule has 35 heavy (non-hydrogen) atoms. The molecule has 0 radical (unpaired) electrons. The predicted octanol–water partition coefficient (Wildman–Crippen LogP) is 1.70. The number of halogens is 3. The van der Waals surface area contributed by atoms with Gasteiger partial charge >= 0.3 is 5.51 Å². The highest BCUT2D eigenvalue weighted by Crippen LogP contribution is 2.20. The molecule has 0 aliphatic rings. The molecule has 0 aliphatic carbocycles. The Morgan fingerprint density at radius 1 is 1.17 bits per heavy atom. The Bertz CT molecular complexity index is 1260. The van der Waals surface area contributed by atoms with Crippen LogP contribution in [0.1, 0.15) is 31.2 Å². The van der Waals surface area contributed by atoms with Crippen LogP contribution >= 0.6 is 0 Å². The Balaban J connectivity index is 0.000000658. The number of aromatic nitrogens is 2. The number of sulfonamides is 1. The van der Waals surface area contributed by atoms with Crippen LogP contribution in [0.3, 0.4) is 0 Å². The van der Waals surface area contributed by atoms with E-state index >= 15 is 0 Å². The Morgan fingerprint density at radius 3 is 2.14 bits per heavy atom. The number of benzene rings is 1. The van der Waals surface area contributed by atoms with E-state index in [0.717, 1.165) is 18.8 Å². The molecule has 0 saturated carbocycles. The van der Waals surface area contributed by atoms with Gasteiger partial charge in [0.2, 0.25) is 10.0 Å². The zero-order valence-corrected chi connectivity index (χ0v) is 20.5. The highest BCUT2D eigenvalue weighted by Gasteiger charge is 2.36. The normalized spacial score (nSPS) is 12.6. The molecule has 12 nitrogen and oxygen atoms in total. The van der Waals surface area contributed by atoms with E-state index in [1.165, 1.54) is 24.3 Å². The highest BCUT2D eigenvalue weighted by molar-refractivity contribution is 7.89. The number of nitrogens with one attached hydrogen (secondary N) is 1. The second kappa shape index (κ2) is 12.1. The number of hydrogen-bond acceptors (Lipinski definition) is 8. The summed E-state index contributed by atoms with van der Waals surface area (Å²) in [6.45, 7) is 4.40. The number of imidazole rings is 1. The van der Waals surface area contributed by atoms with E-state index in [9.17, 15) is 31.7 Å². The lowest BCUT2D eigenvalue weighted by Crippen LogP contribution is -2.29. The summed E-state index contributed by atoms with van der Waals surface area (Å²) in [5, 5.41) is 14.6. The lowest BCUT2D eigenvalue weighted by Gasteiger charge is -2.08. The van der Waals surface area contributed by atoms with Crippen LogP contribution in [0.5, 0.6) is 0 Å². The molecule has 0 unspecified atom stereocenters. The summed E-state index contributed by atoms with van der Waals surface area (Å²) in [6.07, 6.45) is 5.19. The first-order valence-electron chi connectivity index (χ1n) is 9.76. The minimum atomic E-state index is -6.09. The van der Waals surface area contributed by atoms with Gasteiger partial charge < -0.3 is 4.55 Å². The Kier molecular flexibility index (Phi) is 10.3. The summed E-state index contributed by atoms with van der Waals surface area (Å²) in [5.41, 5.74) is -4.63. The molecule has 1 aromatic heterocycles. The Labute approximate surface area is 200 Å². The van der Waals surface area contributed by atoms with E-state index in [1.807, 2.05) is 30.9 Å². The van der Waals surface area contributed by atoms with Gasteiger partial charge in [0.1, 0.15) is 12.4 Å². The number of hydrogen-bond donors (Lipinski definition) is 1. The summed E-state index contributed by atoms with van der Waals surface area (Å²) >= 11 is 0. The van der Waals surface area contributed by atoms with Gasteiger partial charge in [-0.25, -0.2) is 30.8 Å². The molecule has 0 spiro atoms. The van der Waals surface area contributed by atoms with Crippen LogP contribution in [0.15, 0.2) is 41.8 Å². The van der Waals surface area contributed by atoms with Gasteiger partial charge in [-0.3, -0.25) is 10.1 Å². The van der Waals surface area contributed by atoms with E-state index in [1.54, 1.807) is 6.92 Å². The van der Waals surface area contributed by atoms with Crippen molar-refractivity contribution in [2.45, 2.75) is 38.7 Å². The van der Waals surface area contributed by atoms with Crippen LogP contribution in [0, 0.1) is 17.0 Å². The largest absolute Gasteiger partial charge is 0.741 e. The zero-order valence-electron chi connectivity index (χ0n) is 18.9. The van der Waals surface area contributed by atoms with Gasteiger partial charge in [0.05, 0.1) is 30.0 Å². The SMILES string of the molecule is C/C(=N/NS(=O)(=O)CCCCn1cc[n+](C)c1C)c1ccc([N+](=O)[O-])cc1.O=S(=O)([O-])C(F)(F)F. The van der Waals surface area contributed by atoms with Crippen molar-refractivity contribution in [3.8, 4) is 0 Å². The number of alkyl halides is 3. The summed E-state index contributed by atoms with van der Waals surface area (Å²) in [5.74, 6) is 1.09. The number of nitro groups is 1. The molecule has 0 amide bonds. The molecule has 2 aromatic rings. The molecule has 1 heterocycles. The van der Waals surface area contributed by atoms with Gasteiger partial charge in [-0.1, -0.05) is 0 Å². The predicted molar refractivity (Wildman–Crippen MR) is 118 cm³/mol. The fraction of sp³-hybridized carbons (Fsp3) is 0.444. The third-order valence-corrected chi connectivity index (χ3v) is 6.35. The number of unbranched alkanes of at least 4 members (excludes halogenated alkanes) is 1. The van der Waals surface area contributed by atoms with E-state index in [0.29, 0.717) is 17.7 Å². The van der Waals surface area contributed by atoms with E-state index in [2.05, 4.69) is 14.5 Å². The van der Waals surface area contributed by atoms with E-state index < -0.39 is 30.6 Å². The Hall–Kier alpha value is -3.05. The molecule has 17 heteroatoms. The molecule has 196 valence electrons. The molecule has 0 fully saturated rings. The third-order valence-electron chi connectivity index (χ3n) is 4.59. The zero-order chi connectivity index (χ0) is 27.0. The van der Waals surface area contributed by atoms with Gasteiger partial charge in [0, 0.05) is 19.1 Å². The van der Waals surface area contributed by atoms with Crippen LogP contribution in [-0.2, 0) is 33.7 Å². The van der Waals surface area contributed by atoms with Gasteiger partial charge in [0.25, 0.3) is 11.5 Å². The maximum atomic E-state index is 12.1. The Morgan fingerprint density at radius 2 is 1.71 bits per heavy atom. The number of aryl methyl sites for hydroxylation is 2.